The Balaban J connectivity index is 2.06. The van der Waals surface area contributed by atoms with Crippen molar-refractivity contribution in [2.24, 2.45) is 0 Å². The first-order chi connectivity index (χ1) is 8.79. The van der Waals surface area contributed by atoms with Crippen LogP contribution in [0, 0.1) is 0 Å². The average molecular weight is 244 g/mol. The van der Waals surface area contributed by atoms with Crippen LogP contribution in [0.2, 0.25) is 0 Å². The molecular formula is C14H16N2O2. The van der Waals surface area contributed by atoms with Gasteiger partial charge in [-0.25, -0.2) is 0 Å². The van der Waals surface area contributed by atoms with Gasteiger partial charge in [0.2, 0.25) is 0 Å². The molecule has 1 heterocycles. The summed E-state index contributed by atoms with van der Waals surface area (Å²) >= 11 is 0. The van der Waals surface area contributed by atoms with Crippen LogP contribution in [0.3, 0.4) is 0 Å². The summed E-state index contributed by atoms with van der Waals surface area (Å²) < 4.78 is 11.2. The SMILES string of the molecule is CCOc1ccccc1OCc1cc(N)ccn1. The molecule has 0 fully saturated rings. The minimum atomic E-state index is 0.370. The smallest absolute Gasteiger partial charge is 0.161 e. The molecule has 0 unspecified atom stereocenters. The van der Waals surface area contributed by atoms with Gasteiger partial charge < -0.3 is 15.2 Å². The van der Waals surface area contributed by atoms with E-state index < -0.39 is 0 Å². The monoisotopic (exact) mass is 244 g/mol. The lowest BCUT2D eigenvalue weighted by atomic mass is 10.3. The van der Waals surface area contributed by atoms with E-state index in [0.717, 1.165) is 11.4 Å². The molecule has 0 aliphatic rings. The molecule has 0 aliphatic heterocycles. The Morgan fingerprint density at radius 2 is 1.83 bits per heavy atom. The fourth-order valence-corrected chi connectivity index (χ4v) is 1.57. The Labute approximate surface area is 106 Å². The topological polar surface area (TPSA) is 57.4 Å². The maximum Gasteiger partial charge on any atom is 0.161 e. The van der Waals surface area contributed by atoms with Crippen LogP contribution in [-0.2, 0) is 6.61 Å². The minimum Gasteiger partial charge on any atom is -0.490 e. The maximum atomic E-state index is 5.69. The second kappa shape index (κ2) is 5.91. The summed E-state index contributed by atoms with van der Waals surface area (Å²) in [6.07, 6.45) is 1.67. The number of nitrogens with zero attached hydrogens (tertiary/aromatic N) is 1. The van der Waals surface area contributed by atoms with Crippen LogP contribution >= 0.6 is 0 Å². The van der Waals surface area contributed by atoms with Crippen molar-refractivity contribution in [3.63, 3.8) is 0 Å². The van der Waals surface area contributed by atoms with Crippen LogP contribution in [0.1, 0.15) is 12.6 Å². The fourth-order valence-electron chi connectivity index (χ4n) is 1.57. The summed E-state index contributed by atoms with van der Waals surface area (Å²) in [6, 6.07) is 11.1. The Hall–Kier alpha value is -2.23. The fraction of sp³-hybridized carbons (Fsp3) is 0.214. The average Bonchev–Trinajstić information content (AvgIpc) is 2.38. The number of pyridine rings is 1. The summed E-state index contributed by atoms with van der Waals surface area (Å²) in [5.41, 5.74) is 7.16. The highest BCUT2D eigenvalue weighted by molar-refractivity contribution is 5.40. The molecule has 0 bridgehead atoms. The molecule has 4 nitrogen and oxygen atoms in total. The lowest BCUT2D eigenvalue weighted by Crippen LogP contribution is -2.01. The molecule has 2 aromatic rings. The molecule has 0 atom stereocenters. The van der Waals surface area contributed by atoms with Gasteiger partial charge in [-0.05, 0) is 31.2 Å². The third kappa shape index (κ3) is 3.13. The van der Waals surface area contributed by atoms with E-state index in [1.54, 1.807) is 18.3 Å². The number of nitrogens with two attached hydrogens (primary N) is 1. The highest BCUT2D eigenvalue weighted by Gasteiger charge is 2.04. The molecular weight excluding hydrogens is 228 g/mol. The van der Waals surface area contributed by atoms with Gasteiger partial charge in [-0.2, -0.15) is 0 Å². The second-order valence-corrected chi connectivity index (χ2v) is 3.75. The third-order valence-corrected chi connectivity index (χ3v) is 2.37. The molecule has 2 rings (SSSR count). The van der Waals surface area contributed by atoms with Crippen LogP contribution in [0.25, 0.3) is 0 Å². The summed E-state index contributed by atoms with van der Waals surface area (Å²) in [5, 5.41) is 0. The van der Waals surface area contributed by atoms with Crippen molar-refractivity contribution in [2.45, 2.75) is 13.5 Å². The van der Waals surface area contributed by atoms with Gasteiger partial charge in [-0.15, -0.1) is 0 Å². The van der Waals surface area contributed by atoms with Crippen LogP contribution in [0.4, 0.5) is 5.69 Å². The molecule has 0 saturated heterocycles. The zero-order valence-electron chi connectivity index (χ0n) is 10.3. The van der Waals surface area contributed by atoms with Crippen molar-refractivity contribution in [1.29, 1.82) is 0 Å². The molecule has 1 aromatic carbocycles. The predicted molar refractivity (Wildman–Crippen MR) is 70.6 cm³/mol. The maximum absolute atomic E-state index is 5.69. The zero-order chi connectivity index (χ0) is 12.8. The van der Waals surface area contributed by atoms with E-state index in [0.29, 0.717) is 24.7 Å². The number of para-hydroxylation sites is 2. The lowest BCUT2D eigenvalue weighted by Gasteiger charge is -2.11. The molecule has 0 spiro atoms. The standard InChI is InChI=1S/C14H16N2O2/c1-2-17-13-5-3-4-6-14(13)18-10-12-9-11(15)7-8-16-12/h3-9H,2,10H2,1H3,(H2,15,16). The number of nitrogen functional groups attached to an aromatic ring is 1. The van der Waals surface area contributed by atoms with Crippen molar-refractivity contribution in [3.8, 4) is 11.5 Å². The van der Waals surface area contributed by atoms with Gasteiger partial charge in [0.1, 0.15) is 6.61 Å². The van der Waals surface area contributed by atoms with Gasteiger partial charge in [0.15, 0.2) is 11.5 Å². The number of anilines is 1. The predicted octanol–water partition coefficient (Wildman–Crippen LogP) is 2.64. The highest BCUT2D eigenvalue weighted by Crippen LogP contribution is 2.27. The van der Waals surface area contributed by atoms with E-state index in [1.165, 1.54) is 0 Å². The van der Waals surface area contributed by atoms with Crippen molar-refractivity contribution < 1.29 is 9.47 Å². The number of aromatic nitrogens is 1. The summed E-state index contributed by atoms with van der Waals surface area (Å²) in [4.78, 5) is 4.18. The van der Waals surface area contributed by atoms with E-state index in [4.69, 9.17) is 15.2 Å². The first-order valence-electron chi connectivity index (χ1n) is 5.84. The van der Waals surface area contributed by atoms with Crippen LogP contribution in [0.15, 0.2) is 42.6 Å². The molecule has 0 saturated carbocycles. The van der Waals surface area contributed by atoms with Crippen LogP contribution < -0.4 is 15.2 Å². The van der Waals surface area contributed by atoms with Crippen molar-refractivity contribution in [3.05, 3.63) is 48.3 Å². The Bertz CT molecular complexity index is 515. The van der Waals surface area contributed by atoms with Gasteiger partial charge in [0.05, 0.1) is 12.3 Å². The zero-order valence-corrected chi connectivity index (χ0v) is 10.3. The van der Waals surface area contributed by atoms with Crippen LogP contribution in [0.5, 0.6) is 11.5 Å². The first-order valence-corrected chi connectivity index (χ1v) is 5.84. The van der Waals surface area contributed by atoms with Gasteiger partial charge in [-0.1, -0.05) is 12.1 Å². The van der Waals surface area contributed by atoms with E-state index in [-0.39, 0.29) is 0 Å². The number of ether oxygens (including phenoxy) is 2. The molecule has 4 heteroatoms. The molecule has 1 aromatic heterocycles. The second-order valence-electron chi connectivity index (χ2n) is 3.75. The summed E-state index contributed by atoms with van der Waals surface area (Å²) in [5.74, 6) is 1.45. The Morgan fingerprint density at radius 1 is 1.11 bits per heavy atom. The lowest BCUT2D eigenvalue weighted by molar-refractivity contribution is 0.266. The quantitative estimate of drug-likeness (QED) is 0.878. The first kappa shape index (κ1) is 12.2. The molecule has 2 N–H and O–H groups in total. The number of hydrogen-bond acceptors (Lipinski definition) is 4. The van der Waals surface area contributed by atoms with E-state index >= 15 is 0 Å². The summed E-state index contributed by atoms with van der Waals surface area (Å²) in [6.45, 7) is 2.92. The molecule has 18 heavy (non-hydrogen) atoms. The third-order valence-electron chi connectivity index (χ3n) is 2.37. The Morgan fingerprint density at radius 3 is 2.50 bits per heavy atom. The van der Waals surface area contributed by atoms with Gasteiger partial charge in [-0.3, -0.25) is 4.98 Å². The Kier molecular flexibility index (Phi) is 4.02. The summed E-state index contributed by atoms with van der Waals surface area (Å²) in [7, 11) is 0. The number of hydrogen-bond donors (Lipinski definition) is 1. The normalized spacial score (nSPS) is 10.1. The van der Waals surface area contributed by atoms with Crippen molar-refractivity contribution in [2.75, 3.05) is 12.3 Å². The van der Waals surface area contributed by atoms with E-state index in [2.05, 4.69) is 4.98 Å². The van der Waals surface area contributed by atoms with Crippen molar-refractivity contribution >= 4 is 5.69 Å². The molecule has 94 valence electrons. The molecule has 0 radical (unpaired) electrons. The number of benzene rings is 1. The van der Waals surface area contributed by atoms with Gasteiger partial charge >= 0.3 is 0 Å². The molecule has 0 amide bonds. The highest BCUT2D eigenvalue weighted by atomic mass is 16.5. The van der Waals surface area contributed by atoms with Gasteiger partial charge in [0.25, 0.3) is 0 Å². The van der Waals surface area contributed by atoms with E-state index in [1.807, 2.05) is 31.2 Å². The van der Waals surface area contributed by atoms with Gasteiger partial charge in [0, 0.05) is 11.9 Å². The van der Waals surface area contributed by atoms with Crippen molar-refractivity contribution in [1.82, 2.24) is 4.98 Å². The largest absolute Gasteiger partial charge is 0.490 e. The van der Waals surface area contributed by atoms with E-state index in [9.17, 15) is 0 Å². The van der Waals surface area contributed by atoms with Crippen LogP contribution in [-0.4, -0.2) is 11.6 Å². The molecule has 0 aliphatic carbocycles. The minimum absolute atomic E-state index is 0.370. The number of rotatable bonds is 5.